The monoisotopic (exact) mass is 322 g/mol. The van der Waals surface area contributed by atoms with Gasteiger partial charge in [-0.15, -0.1) is 0 Å². The number of hydrogen-bond acceptors (Lipinski definition) is 2. The first kappa shape index (κ1) is 16.8. The topological polar surface area (TPSA) is 49.4 Å². The number of rotatable bonds is 1. The Morgan fingerprint density at radius 1 is 1.18 bits per heavy atom. The molecule has 2 rings (SSSR count). The van der Waals surface area contributed by atoms with E-state index in [4.69, 9.17) is 11.6 Å². The normalized spacial score (nSPS) is 21.6. The first-order valence-corrected chi connectivity index (χ1v) is 8.02. The minimum absolute atomic E-state index is 0.421. The van der Waals surface area contributed by atoms with Crippen LogP contribution in [-0.4, -0.2) is 29.8 Å². The van der Waals surface area contributed by atoms with E-state index in [0.29, 0.717) is 35.6 Å². The number of nitrogens with zero attached hydrogens (tertiary/aromatic N) is 1. The highest BCUT2D eigenvalue weighted by Gasteiger charge is 2.29. The summed E-state index contributed by atoms with van der Waals surface area (Å²) >= 11 is 6.18. The van der Waals surface area contributed by atoms with Gasteiger partial charge in [0, 0.05) is 13.1 Å². The molecule has 4 nitrogen and oxygen atoms in total. The molecule has 1 aromatic rings. The lowest BCUT2D eigenvalue weighted by atomic mass is 9.92. The number of hydrogen-bond donors (Lipinski definition) is 1. The standard InChI is InChI=1S/C17H23ClN2O2/c1-10-6-13(4)15(14(18)7-10)19-16(21)17(22)20-8-11(2)5-12(3)9-20/h6-7,11-12H,5,8-9H2,1-4H3,(H,19,21). The van der Waals surface area contributed by atoms with E-state index in [1.54, 1.807) is 11.0 Å². The minimum Gasteiger partial charge on any atom is -0.334 e. The van der Waals surface area contributed by atoms with Gasteiger partial charge < -0.3 is 10.2 Å². The van der Waals surface area contributed by atoms with Crippen LogP contribution in [0.4, 0.5) is 5.69 Å². The number of carbonyl (C=O) groups is 2. The van der Waals surface area contributed by atoms with E-state index < -0.39 is 11.8 Å². The maximum Gasteiger partial charge on any atom is 0.313 e. The van der Waals surface area contributed by atoms with E-state index in [1.807, 2.05) is 19.9 Å². The fourth-order valence-corrected chi connectivity index (χ4v) is 3.58. The van der Waals surface area contributed by atoms with Crippen LogP contribution >= 0.6 is 11.6 Å². The number of anilines is 1. The van der Waals surface area contributed by atoms with Crippen molar-refractivity contribution in [3.8, 4) is 0 Å². The Hall–Kier alpha value is -1.55. The van der Waals surface area contributed by atoms with Gasteiger partial charge in [-0.05, 0) is 49.3 Å². The number of halogens is 1. The zero-order chi connectivity index (χ0) is 16.4. The van der Waals surface area contributed by atoms with Gasteiger partial charge in [0.1, 0.15) is 0 Å². The minimum atomic E-state index is -0.616. The van der Waals surface area contributed by atoms with Gasteiger partial charge in [0.05, 0.1) is 10.7 Å². The Balaban J connectivity index is 2.11. The molecule has 2 unspecified atom stereocenters. The van der Waals surface area contributed by atoms with Gasteiger partial charge >= 0.3 is 11.8 Å². The molecule has 1 aliphatic rings. The molecule has 0 aliphatic carbocycles. The average molecular weight is 323 g/mol. The van der Waals surface area contributed by atoms with Crippen molar-refractivity contribution in [2.45, 2.75) is 34.1 Å². The molecule has 2 atom stereocenters. The lowest BCUT2D eigenvalue weighted by molar-refractivity contribution is -0.144. The summed E-state index contributed by atoms with van der Waals surface area (Å²) in [5, 5.41) is 3.13. The second-order valence-corrected chi connectivity index (χ2v) is 6.96. The molecule has 0 aromatic heterocycles. The smallest absolute Gasteiger partial charge is 0.313 e. The van der Waals surface area contributed by atoms with Gasteiger partial charge in [0.25, 0.3) is 0 Å². The SMILES string of the molecule is Cc1cc(C)c(NC(=O)C(=O)N2CC(C)CC(C)C2)c(Cl)c1. The first-order valence-electron chi connectivity index (χ1n) is 7.65. The van der Waals surface area contributed by atoms with Crippen molar-refractivity contribution >= 4 is 29.1 Å². The van der Waals surface area contributed by atoms with Crippen molar-refractivity contribution in [3.05, 3.63) is 28.3 Å². The predicted octanol–water partition coefficient (Wildman–Crippen LogP) is 3.40. The van der Waals surface area contributed by atoms with Crippen molar-refractivity contribution in [1.82, 2.24) is 4.90 Å². The Labute approximate surface area is 136 Å². The number of carbonyl (C=O) groups excluding carboxylic acids is 2. The fraction of sp³-hybridized carbons (Fsp3) is 0.529. The van der Waals surface area contributed by atoms with E-state index in [2.05, 4.69) is 19.2 Å². The Morgan fingerprint density at radius 2 is 1.77 bits per heavy atom. The van der Waals surface area contributed by atoms with E-state index in [-0.39, 0.29) is 0 Å². The average Bonchev–Trinajstić information content (AvgIpc) is 2.40. The quantitative estimate of drug-likeness (QED) is 0.806. The molecule has 1 heterocycles. The van der Waals surface area contributed by atoms with Crippen molar-refractivity contribution in [2.24, 2.45) is 11.8 Å². The molecular weight excluding hydrogens is 300 g/mol. The number of likely N-dealkylation sites (tertiary alicyclic amines) is 1. The van der Waals surface area contributed by atoms with Crippen molar-refractivity contribution < 1.29 is 9.59 Å². The predicted molar refractivity (Wildman–Crippen MR) is 89.1 cm³/mol. The lowest BCUT2D eigenvalue weighted by Crippen LogP contribution is -2.47. The fourth-order valence-electron chi connectivity index (χ4n) is 3.21. The van der Waals surface area contributed by atoms with Crippen LogP contribution < -0.4 is 5.32 Å². The second-order valence-electron chi connectivity index (χ2n) is 6.55. The summed E-state index contributed by atoms with van der Waals surface area (Å²) in [6, 6.07) is 3.71. The molecule has 22 heavy (non-hydrogen) atoms. The number of amides is 2. The van der Waals surface area contributed by atoms with Gasteiger partial charge in [-0.1, -0.05) is 31.5 Å². The van der Waals surface area contributed by atoms with Gasteiger partial charge in [0.15, 0.2) is 0 Å². The van der Waals surface area contributed by atoms with Crippen LogP contribution in [-0.2, 0) is 9.59 Å². The van der Waals surface area contributed by atoms with Crippen LogP contribution in [0.2, 0.25) is 5.02 Å². The summed E-state index contributed by atoms with van der Waals surface area (Å²) in [7, 11) is 0. The van der Waals surface area contributed by atoms with E-state index in [1.165, 1.54) is 0 Å². The number of piperidine rings is 1. The summed E-state index contributed by atoms with van der Waals surface area (Å²) in [5.74, 6) is -0.250. The molecule has 1 N–H and O–H groups in total. The van der Waals surface area contributed by atoms with Crippen molar-refractivity contribution in [3.63, 3.8) is 0 Å². The molecule has 1 fully saturated rings. The summed E-state index contributed by atoms with van der Waals surface area (Å²) in [6.45, 7) is 9.29. The van der Waals surface area contributed by atoms with Crippen molar-refractivity contribution in [1.29, 1.82) is 0 Å². The van der Waals surface area contributed by atoms with Crippen LogP contribution in [0.5, 0.6) is 0 Å². The molecule has 0 saturated carbocycles. The van der Waals surface area contributed by atoms with E-state index in [0.717, 1.165) is 17.5 Å². The highest BCUT2D eigenvalue weighted by atomic mass is 35.5. The molecule has 0 spiro atoms. The van der Waals surface area contributed by atoms with Gasteiger partial charge in [-0.2, -0.15) is 0 Å². The summed E-state index contributed by atoms with van der Waals surface area (Å²) in [4.78, 5) is 26.3. The summed E-state index contributed by atoms with van der Waals surface area (Å²) < 4.78 is 0. The highest BCUT2D eigenvalue weighted by Crippen LogP contribution is 2.27. The van der Waals surface area contributed by atoms with Gasteiger partial charge in [-0.3, -0.25) is 9.59 Å². The van der Waals surface area contributed by atoms with E-state index >= 15 is 0 Å². The molecule has 1 aliphatic heterocycles. The Bertz CT molecular complexity index is 567. The van der Waals surface area contributed by atoms with Crippen molar-refractivity contribution in [2.75, 3.05) is 18.4 Å². The third-order valence-electron chi connectivity index (χ3n) is 4.02. The zero-order valence-electron chi connectivity index (χ0n) is 13.6. The van der Waals surface area contributed by atoms with Gasteiger partial charge in [0.2, 0.25) is 0 Å². The molecule has 1 aromatic carbocycles. The third kappa shape index (κ3) is 3.80. The summed E-state index contributed by atoms with van der Waals surface area (Å²) in [5.41, 5.74) is 2.39. The van der Waals surface area contributed by atoms with Crippen LogP contribution in [0.25, 0.3) is 0 Å². The maximum atomic E-state index is 12.4. The second kappa shape index (κ2) is 6.69. The van der Waals surface area contributed by atoms with Crippen LogP contribution in [0.1, 0.15) is 31.4 Å². The van der Waals surface area contributed by atoms with Gasteiger partial charge in [-0.25, -0.2) is 0 Å². The number of benzene rings is 1. The molecule has 1 saturated heterocycles. The molecule has 0 radical (unpaired) electrons. The van der Waals surface area contributed by atoms with Crippen LogP contribution in [0.15, 0.2) is 12.1 Å². The molecular formula is C17H23ClN2O2. The van der Waals surface area contributed by atoms with E-state index in [9.17, 15) is 9.59 Å². The number of aryl methyl sites for hydroxylation is 2. The first-order chi connectivity index (χ1) is 10.3. The summed E-state index contributed by atoms with van der Waals surface area (Å²) in [6.07, 6.45) is 1.09. The lowest BCUT2D eigenvalue weighted by Gasteiger charge is -2.34. The molecule has 2 amide bonds. The molecule has 5 heteroatoms. The van der Waals surface area contributed by atoms with Crippen LogP contribution in [0, 0.1) is 25.7 Å². The highest BCUT2D eigenvalue weighted by molar-refractivity contribution is 6.41. The number of nitrogens with one attached hydrogen (secondary N) is 1. The molecule has 120 valence electrons. The zero-order valence-corrected chi connectivity index (χ0v) is 14.3. The Kier molecular flexibility index (Phi) is 5.12. The largest absolute Gasteiger partial charge is 0.334 e. The van der Waals surface area contributed by atoms with Crippen LogP contribution in [0.3, 0.4) is 0 Å². The third-order valence-corrected chi connectivity index (χ3v) is 4.32. The Morgan fingerprint density at radius 3 is 2.32 bits per heavy atom. The molecule has 0 bridgehead atoms. The maximum absolute atomic E-state index is 12.4.